The minimum Gasteiger partial charge on any atom is -0.493 e. The van der Waals surface area contributed by atoms with Gasteiger partial charge >= 0.3 is 6.36 Å². The van der Waals surface area contributed by atoms with Gasteiger partial charge in [-0.2, -0.15) is 0 Å². The average Bonchev–Trinajstić information content (AvgIpc) is 2.56. The molecule has 25 heavy (non-hydrogen) atoms. The first-order valence-electron chi connectivity index (χ1n) is 7.34. The zero-order chi connectivity index (χ0) is 18.1. The molecule has 1 amide bonds. The van der Waals surface area contributed by atoms with E-state index in [2.05, 4.69) is 10.1 Å². The Hall–Kier alpha value is -2.35. The van der Waals surface area contributed by atoms with Crippen LogP contribution in [0, 0.1) is 0 Å². The number of rotatable bonds is 8. The number of carbonyl (C=O) groups excluding carboxylic acids is 1. The Morgan fingerprint density at radius 3 is 2.32 bits per heavy atom. The largest absolute Gasteiger partial charge is 0.573 e. The zero-order valence-electron chi connectivity index (χ0n) is 13.1. The Morgan fingerprint density at radius 1 is 1.00 bits per heavy atom. The molecule has 0 atom stereocenters. The van der Waals surface area contributed by atoms with Gasteiger partial charge in [-0.3, -0.25) is 4.79 Å². The van der Waals surface area contributed by atoms with Crippen molar-refractivity contribution in [3.05, 3.63) is 54.6 Å². The van der Waals surface area contributed by atoms with Gasteiger partial charge in [0.15, 0.2) is 0 Å². The van der Waals surface area contributed by atoms with Crippen molar-refractivity contribution >= 4 is 23.4 Å². The number of nitrogens with one attached hydrogen (secondary N) is 1. The van der Waals surface area contributed by atoms with Crippen molar-refractivity contribution < 1.29 is 27.4 Å². The first-order valence-corrected chi connectivity index (χ1v) is 8.49. The van der Waals surface area contributed by atoms with Gasteiger partial charge in [0.05, 0.1) is 12.4 Å². The van der Waals surface area contributed by atoms with Crippen LogP contribution in [-0.4, -0.2) is 30.4 Å². The number of hydrogen-bond acceptors (Lipinski definition) is 4. The van der Waals surface area contributed by atoms with Crippen molar-refractivity contribution in [1.29, 1.82) is 0 Å². The van der Waals surface area contributed by atoms with E-state index in [0.29, 0.717) is 18.0 Å². The molecule has 0 aliphatic heterocycles. The van der Waals surface area contributed by atoms with Gasteiger partial charge in [0.25, 0.3) is 0 Å². The summed E-state index contributed by atoms with van der Waals surface area (Å²) < 4.78 is 45.4. The Kier molecular flexibility index (Phi) is 7.00. The lowest BCUT2D eigenvalue weighted by Crippen LogP contribution is -2.17. The van der Waals surface area contributed by atoms with Crippen molar-refractivity contribution in [2.75, 3.05) is 23.4 Å². The molecule has 0 bridgehead atoms. The predicted octanol–water partition coefficient (Wildman–Crippen LogP) is 4.34. The maximum Gasteiger partial charge on any atom is 0.573 e. The van der Waals surface area contributed by atoms with E-state index < -0.39 is 6.36 Å². The SMILES string of the molecule is O=C(CSCCOc1ccccc1)Nc1ccc(OC(F)(F)F)cc1. The summed E-state index contributed by atoms with van der Waals surface area (Å²) in [5.41, 5.74) is 0.403. The molecule has 1 N–H and O–H groups in total. The number of thioether (sulfide) groups is 1. The lowest BCUT2D eigenvalue weighted by Gasteiger charge is -2.10. The van der Waals surface area contributed by atoms with Crippen molar-refractivity contribution in [3.8, 4) is 11.5 Å². The van der Waals surface area contributed by atoms with Gasteiger partial charge in [-0.25, -0.2) is 0 Å². The van der Waals surface area contributed by atoms with Crippen LogP contribution in [0.5, 0.6) is 11.5 Å². The summed E-state index contributed by atoms with van der Waals surface area (Å²) in [7, 11) is 0. The van der Waals surface area contributed by atoms with Crippen LogP contribution in [0.15, 0.2) is 54.6 Å². The molecule has 0 aliphatic carbocycles. The van der Waals surface area contributed by atoms with Crippen LogP contribution in [0.2, 0.25) is 0 Å². The number of anilines is 1. The van der Waals surface area contributed by atoms with Gasteiger partial charge in [-0.15, -0.1) is 24.9 Å². The van der Waals surface area contributed by atoms with E-state index in [-0.39, 0.29) is 17.4 Å². The maximum absolute atomic E-state index is 12.1. The van der Waals surface area contributed by atoms with Gasteiger partial charge in [-0.1, -0.05) is 18.2 Å². The topological polar surface area (TPSA) is 47.6 Å². The summed E-state index contributed by atoms with van der Waals surface area (Å²) in [6.45, 7) is 0.478. The highest BCUT2D eigenvalue weighted by Gasteiger charge is 2.30. The van der Waals surface area contributed by atoms with Crippen molar-refractivity contribution in [2.24, 2.45) is 0 Å². The van der Waals surface area contributed by atoms with Gasteiger partial charge in [0.1, 0.15) is 11.5 Å². The highest BCUT2D eigenvalue weighted by atomic mass is 32.2. The standard InChI is InChI=1S/C17H16F3NO3S/c18-17(19,20)24-15-8-6-13(7-9-15)21-16(22)12-25-11-10-23-14-4-2-1-3-5-14/h1-9H,10-12H2,(H,21,22). The summed E-state index contributed by atoms with van der Waals surface area (Å²) in [4.78, 5) is 11.8. The zero-order valence-corrected chi connectivity index (χ0v) is 13.9. The molecule has 0 unspecified atom stereocenters. The fourth-order valence-corrected chi connectivity index (χ4v) is 2.44. The number of ether oxygens (including phenoxy) is 2. The molecule has 0 spiro atoms. The Labute approximate surface area is 147 Å². The van der Waals surface area contributed by atoms with Crippen LogP contribution in [0.4, 0.5) is 18.9 Å². The average molecular weight is 371 g/mol. The predicted molar refractivity (Wildman–Crippen MR) is 91.0 cm³/mol. The number of carbonyl (C=O) groups is 1. The second-order valence-corrected chi connectivity index (χ2v) is 5.94. The molecule has 0 fully saturated rings. The third-order valence-electron chi connectivity index (χ3n) is 2.84. The molecule has 2 aromatic rings. The van der Waals surface area contributed by atoms with E-state index >= 15 is 0 Å². The minimum absolute atomic E-state index is 0.221. The van der Waals surface area contributed by atoms with Crippen LogP contribution < -0.4 is 14.8 Å². The molecular formula is C17H16F3NO3S. The van der Waals surface area contributed by atoms with E-state index in [9.17, 15) is 18.0 Å². The molecular weight excluding hydrogens is 355 g/mol. The molecule has 2 aromatic carbocycles. The molecule has 0 aliphatic rings. The Bertz CT molecular complexity index is 663. The number of para-hydroxylation sites is 1. The van der Waals surface area contributed by atoms with Crippen LogP contribution >= 0.6 is 11.8 Å². The molecule has 2 rings (SSSR count). The third kappa shape index (κ3) is 7.84. The van der Waals surface area contributed by atoms with Crippen molar-refractivity contribution in [2.45, 2.75) is 6.36 Å². The van der Waals surface area contributed by atoms with Crippen LogP contribution in [-0.2, 0) is 4.79 Å². The first-order chi connectivity index (χ1) is 11.9. The summed E-state index contributed by atoms with van der Waals surface area (Å²) in [5.74, 6) is 1.06. The summed E-state index contributed by atoms with van der Waals surface area (Å²) in [6, 6.07) is 14.3. The van der Waals surface area contributed by atoms with Gasteiger partial charge < -0.3 is 14.8 Å². The molecule has 0 saturated carbocycles. The summed E-state index contributed by atoms with van der Waals surface area (Å²) in [6.07, 6.45) is -4.73. The van der Waals surface area contributed by atoms with Gasteiger partial charge in [0, 0.05) is 11.4 Å². The third-order valence-corrected chi connectivity index (χ3v) is 3.77. The van der Waals surface area contributed by atoms with E-state index in [0.717, 1.165) is 17.9 Å². The van der Waals surface area contributed by atoms with Crippen LogP contribution in [0.1, 0.15) is 0 Å². The number of hydrogen-bond donors (Lipinski definition) is 1. The highest BCUT2D eigenvalue weighted by Crippen LogP contribution is 2.24. The molecule has 0 heterocycles. The van der Waals surface area contributed by atoms with E-state index in [1.165, 1.54) is 23.9 Å². The lowest BCUT2D eigenvalue weighted by molar-refractivity contribution is -0.274. The second kappa shape index (κ2) is 9.22. The van der Waals surface area contributed by atoms with Gasteiger partial charge in [0.2, 0.25) is 5.91 Å². The molecule has 0 radical (unpaired) electrons. The number of alkyl halides is 3. The summed E-state index contributed by atoms with van der Waals surface area (Å²) in [5, 5.41) is 2.60. The monoisotopic (exact) mass is 371 g/mol. The molecule has 0 aromatic heterocycles. The number of amides is 1. The van der Waals surface area contributed by atoms with Crippen molar-refractivity contribution in [3.63, 3.8) is 0 Å². The Balaban J connectivity index is 1.64. The molecule has 8 heteroatoms. The van der Waals surface area contributed by atoms with Crippen molar-refractivity contribution in [1.82, 2.24) is 0 Å². The van der Waals surface area contributed by atoms with E-state index in [1.54, 1.807) is 0 Å². The fourth-order valence-electron chi connectivity index (χ4n) is 1.84. The Morgan fingerprint density at radius 2 is 1.68 bits per heavy atom. The molecule has 134 valence electrons. The second-order valence-electron chi connectivity index (χ2n) is 4.83. The molecule has 0 saturated heterocycles. The smallest absolute Gasteiger partial charge is 0.493 e. The highest BCUT2D eigenvalue weighted by molar-refractivity contribution is 7.99. The maximum atomic E-state index is 12.1. The quantitative estimate of drug-likeness (QED) is 0.702. The fraction of sp³-hybridized carbons (Fsp3) is 0.235. The van der Waals surface area contributed by atoms with Gasteiger partial charge in [-0.05, 0) is 36.4 Å². The summed E-state index contributed by atoms with van der Waals surface area (Å²) >= 11 is 1.40. The lowest BCUT2D eigenvalue weighted by atomic mass is 10.3. The first kappa shape index (κ1) is 19.0. The molecule has 4 nitrogen and oxygen atoms in total. The van der Waals surface area contributed by atoms with E-state index in [4.69, 9.17) is 4.74 Å². The van der Waals surface area contributed by atoms with Crippen LogP contribution in [0.25, 0.3) is 0 Å². The number of benzene rings is 2. The van der Waals surface area contributed by atoms with E-state index in [1.807, 2.05) is 30.3 Å². The number of halogens is 3. The van der Waals surface area contributed by atoms with Crippen LogP contribution in [0.3, 0.4) is 0 Å². The minimum atomic E-state index is -4.73. The normalized spacial score (nSPS) is 11.0.